The van der Waals surface area contributed by atoms with Gasteiger partial charge in [-0.15, -0.1) is 0 Å². The summed E-state index contributed by atoms with van der Waals surface area (Å²) in [6, 6.07) is 0. The average molecular weight is 335 g/mol. The Labute approximate surface area is 148 Å². The molecule has 0 aromatic heterocycles. The second-order valence-corrected chi connectivity index (χ2v) is 10.2. The number of hydrogen-bond donors (Lipinski definition) is 1. The Morgan fingerprint density at radius 2 is 1.92 bits per heavy atom. The standard InChI is InChI=1S/C22H38O2/c1-4-15-13-22(3)16(12-20(15)23)7-8-17-18-6-5-11-24-14-21(18,2)10-9-19(17)22/h15-20,23H,4-14H2,1-3H3/t15-,16-,17-,18-,19-,20-,21+,22-/m0/s1. The van der Waals surface area contributed by atoms with E-state index in [4.69, 9.17) is 4.74 Å². The molecule has 3 saturated carbocycles. The van der Waals surface area contributed by atoms with Gasteiger partial charge in [0.25, 0.3) is 0 Å². The van der Waals surface area contributed by atoms with Crippen molar-refractivity contribution in [1.29, 1.82) is 0 Å². The van der Waals surface area contributed by atoms with Crippen molar-refractivity contribution in [2.45, 2.75) is 84.7 Å². The van der Waals surface area contributed by atoms with Crippen LogP contribution in [0.1, 0.15) is 78.6 Å². The molecule has 4 rings (SSSR count). The molecular weight excluding hydrogens is 296 g/mol. The summed E-state index contributed by atoms with van der Waals surface area (Å²) in [5.41, 5.74) is 0.913. The van der Waals surface area contributed by atoms with Gasteiger partial charge < -0.3 is 9.84 Å². The van der Waals surface area contributed by atoms with E-state index in [9.17, 15) is 5.11 Å². The molecule has 3 aliphatic carbocycles. The van der Waals surface area contributed by atoms with Crippen LogP contribution in [0.3, 0.4) is 0 Å². The normalized spacial score (nSPS) is 55.0. The van der Waals surface area contributed by atoms with Crippen molar-refractivity contribution in [3.63, 3.8) is 0 Å². The van der Waals surface area contributed by atoms with Crippen molar-refractivity contribution in [3.05, 3.63) is 0 Å². The fourth-order valence-corrected chi connectivity index (χ4v) is 7.69. The van der Waals surface area contributed by atoms with Gasteiger partial charge in [-0.1, -0.05) is 27.2 Å². The molecule has 24 heavy (non-hydrogen) atoms. The Bertz CT molecular complexity index is 463. The SMILES string of the molecule is CC[C@H]1C[C@@]2(C)[C@@H](CC[C@H]3[C@@H]4CCCOC[C@@]4(C)CC[C@@H]32)C[C@@H]1O. The van der Waals surface area contributed by atoms with E-state index in [2.05, 4.69) is 20.8 Å². The van der Waals surface area contributed by atoms with Gasteiger partial charge in [0.2, 0.25) is 0 Å². The van der Waals surface area contributed by atoms with Crippen molar-refractivity contribution in [1.82, 2.24) is 0 Å². The van der Waals surface area contributed by atoms with Gasteiger partial charge in [0.1, 0.15) is 0 Å². The third-order valence-corrected chi connectivity index (χ3v) is 9.12. The minimum atomic E-state index is -0.0373. The van der Waals surface area contributed by atoms with Gasteiger partial charge in [-0.3, -0.25) is 0 Å². The van der Waals surface area contributed by atoms with Crippen molar-refractivity contribution in [3.8, 4) is 0 Å². The number of hydrogen-bond acceptors (Lipinski definition) is 2. The third kappa shape index (κ3) is 2.58. The lowest BCUT2D eigenvalue weighted by atomic mass is 9.43. The Morgan fingerprint density at radius 1 is 1.08 bits per heavy atom. The lowest BCUT2D eigenvalue weighted by Crippen LogP contribution is -2.56. The first-order valence-corrected chi connectivity index (χ1v) is 10.7. The van der Waals surface area contributed by atoms with Crippen molar-refractivity contribution < 1.29 is 9.84 Å². The van der Waals surface area contributed by atoms with Crippen LogP contribution in [0, 0.1) is 40.4 Å². The van der Waals surface area contributed by atoms with Crippen molar-refractivity contribution in [2.75, 3.05) is 13.2 Å². The molecule has 1 aliphatic heterocycles. The maximum absolute atomic E-state index is 10.6. The van der Waals surface area contributed by atoms with Crippen LogP contribution in [0.25, 0.3) is 0 Å². The summed E-state index contributed by atoms with van der Waals surface area (Å²) in [4.78, 5) is 0. The molecule has 4 fully saturated rings. The molecule has 0 aromatic carbocycles. The summed E-state index contributed by atoms with van der Waals surface area (Å²) in [7, 11) is 0. The zero-order chi connectivity index (χ0) is 16.9. The molecule has 138 valence electrons. The second kappa shape index (κ2) is 6.27. The summed E-state index contributed by atoms with van der Waals surface area (Å²) in [5.74, 6) is 4.00. The van der Waals surface area contributed by atoms with Crippen LogP contribution in [-0.2, 0) is 4.74 Å². The first kappa shape index (κ1) is 17.3. The Kier molecular flexibility index (Phi) is 4.53. The molecule has 4 aliphatic rings. The molecule has 8 atom stereocenters. The second-order valence-electron chi connectivity index (χ2n) is 10.2. The zero-order valence-electron chi connectivity index (χ0n) is 16.1. The summed E-state index contributed by atoms with van der Waals surface area (Å²) in [6.07, 6.45) is 11.6. The first-order chi connectivity index (χ1) is 11.5. The largest absolute Gasteiger partial charge is 0.393 e. The minimum absolute atomic E-state index is 0.0373. The quantitative estimate of drug-likeness (QED) is 0.727. The van der Waals surface area contributed by atoms with E-state index in [0.29, 0.717) is 16.7 Å². The molecule has 0 spiro atoms. The number of rotatable bonds is 1. The van der Waals surface area contributed by atoms with Gasteiger partial charge in [0, 0.05) is 6.61 Å². The zero-order valence-corrected chi connectivity index (χ0v) is 16.1. The van der Waals surface area contributed by atoms with E-state index >= 15 is 0 Å². The fraction of sp³-hybridized carbons (Fsp3) is 1.00. The highest BCUT2D eigenvalue weighted by Gasteiger charge is 2.58. The Hall–Kier alpha value is -0.0800. The number of ether oxygens (including phenoxy) is 1. The van der Waals surface area contributed by atoms with E-state index < -0.39 is 0 Å². The van der Waals surface area contributed by atoms with Gasteiger partial charge in [-0.2, -0.15) is 0 Å². The fourth-order valence-electron chi connectivity index (χ4n) is 7.69. The highest BCUT2D eigenvalue weighted by Crippen LogP contribution is 2.64. The van der Waals surface area contributed by atoms with Gasteiger partial charge >= 0.3 is 0 Å². The summed E-state index contributed by atoms with van der Waals surface area (Å²) < 4.78 is 5.99. The minimum Gasteiger partial charge on any atom is -0.393 e. The Morgan fingerprint density at radius 3 is 2.71 bits per heavy atom. The number of aliphatic hydroxyl groups is 1. The molecule has 1 N–H and O–H groups in total. The molecule has 0 amide bonds. The van der Waals surface area contributed by atoms with Crippen LogP contribution in [0.15, 0.2) is 0 Å². The topological polar surface area (TPSA) is 29.5 Å². The van der Waals surface area contributed by atoms with E-state index in [1.807, 2.05) is 0 Å². The van der Waals surface area contributed by atoms with Crippen LogP contribution in [0.2, 0.25) is 0 Å². The lowest BCUT2D eigenvalue weighted by Gasteiger charge is -2.62. The molecule has 2 heteroatoms. The lowest BCUT2D eigenvalue weighted by molar-refractivity contribution is -0.149. The molecular formula is C22H38O2. The predicted octanol–water partition coefficient (Wildman–Crippen LogP) is 5.04. The number of aliphatic hydroxyl groups excluding tert-OH is 1. The maximum atomic E-state index is 10.6. The molecule has 0 unspecified atom stereocenters. The van der Waals surface area contributed by atoms with Crippen LogP contribution in [0.4, 0.5) is 0 Å². The van der Waals surface area contributed by atoms with Crippen LogP contribution in [0.5, 0.6) is 0 Å². The molecule has 1 saturated heterocycles. The van der Waals surface area contributed by atoms with Crippen LogP contribution >= 0.6 is 0 Å². The smallest absolute Gasteiger partial charge is 0.0571 e. The van der Waals surface area contributed by atoms with Gasteiger partial charge in [0.15, 0.2) is 0 Å². The van der Waals surface area contributed by atoms with E-state index in [-0.39, 0.29) is 6.10 Å². The Balaban J connectivity index is 1.61. The summed E-state index contributed by atoms with van der Waals surface area (Å²) >= 11 is 0. The maximum Gasteiger partial charge on any atom is 0.0571 e. The third-order valence-electron chi connectivity index (χ3n) is 9.12. The molecule has 1 heterocycles. The monoisotopic (exact) mass is 334 g/mol. The average Bonchev–Trinajstić information content (AvgIpc) is 2.76. The number of fused-ring (bicyclic) bond motifs is 5. The van der Waals surface area contributed by atoms with Crippen molar-refractivity contribution >= 4 is 0 Å². The van der Waals surface area contributed by atoms with Crippen molar-refractivity contribution in [2.24, 2.45) is 40.4 Å². The van der Waals surface area contributed by atoms with E-state index in [1.165, 1.54) is 44.9 Å². The highest BCUT2D eigenvalue weighted by molar-refractivity contribution is 5.07. The summed E-state index contributed by atoms with van der Waals surface area (Å²) in [6.45, 7) is 9.38. The molecule has 2 nitrogen and oxygen atoms in total. The van der Waals surface area contributed by atoms with Gasteiger partial charge in [-0.25, -0.2) is 0 Å². The summed E-state index contributed by atoms with van der Waals surface area (Å²) in [5, 5.41) is 10.6. The van der Waals surface area contributed by atoms with Crippen LogP contribution in [-0.4, -0.2) is 24.4 Å². The van der Waals surface area contributed by atoms with Gasteiger partial charge in [0.05, 0.1) is 12.7 Å². The highest BCUT2D eigenvalue weighted by atomic mass is 16.5. The van der Waals surface area contributed by atoms with E-state index in [1.54, 1.807) is 0 Å². The predicted molar refractivity (Wildman–Crippen MR) is 97.7 cm³/mol. The molecule has 0 bridgehead atoms. The van der Waals surface area contributed by atoms with Gasteiger partial charge in [-0.05, 0) is 91.8 Å². The van der Waals surface area contributed by atoms with E-state index in [0.717, 1.165) is 49.7 Å². The molecule has 0 aromatic rings. The molecule has 0 radical (unpaired) electrons. The first-order valence-electron chi connectivity index (χ1n) is 10.7. The van der Waals surface area contributed by atoms with Crippen LogP contribution < -0.4 is 0 Å².